The Kier molecular flexibility index (Phi) is 4.12. The summed E-state index contributed by atoms with van der Waals surface area (Å²) in [6, 6.07) is 5.87. The third kappa shape index (κ3) is 2.97. The van der Waals surface area contributed by atoms with E-state index in [0.29, 0.717) is 5.88 Å². The quantitative estimate of drug-likeness (QED) is 0.810. The first-order chi connectivity index (χ1) is 9.26. The van der Waals surface area contributed by atoms with E-state index in [1.165, 1.54) is 0 Å². The van der Waals surface area contributed by atoms with Gasteiger partial charge in [-0.05, 0) is 18.2 Å². The number of aromatic nitrogens is 1. The van der Waals surface area contributed by atoms with Gasteiger partial charge in [0.25, 0.3) is 0 Å². The van der Waals surface area contributed by atoms with Gasteiger partial charge in [0.05, 0.1) is 10.2 Å². The van der Waals surface area contributed by atoms with E-state index < -0.39 is 0 Å². The smallest absolute Gasteiger partial charge is 0.186 e. The van der Waals surface area contributed by atoms with Gasteiger partial charge in [-0.3, -0.25) is 4.90 Å². The second-order valence-electron chi connectivity index (χ2n) is 4.63. The Morgan fingerprint density at radius 1 is 1.21 bits per heavy atom. The number of thiazole rings is 1. The first kappa shape index (κ1) is 13.4. The van der Waals surface area contributed by atoms with Crippen LogP contribution in [0.3, 0.4) is 0 Å². The summed E-state index contributed by atoms with van der Waals surface area (Å²) in [4.78, 5) is 9.44. The van der Waals surface area contributed by atoms with Crippen molar-refractivity contribution in [3.05, 3.63) is 23.2 Å². The first-order valence-corrected chi connectivity index (χ1v) is 8.08. The Morgan fingerprint density at radius 2 is 2.00 bits per heavy atom. The normalized spacial score (nSPS) is 17.3. The fraction of sp³-hybridized carbons (Fsp3) is 0.462. The Hall–Kier alpha value is -0.550. The van der Waals surface area contributed by atoms with Crippen molar-refractivity contribution in [2.24, 2.45) is 0 Å². The average molecular weight is 316 g/mol. The summed E-state index contributed by atoms with van der Waals surface area (Å²) in [7, 11) is 0. The molecule has 0 saturated carbocycles. The number of hydrogen-bond donors (Lipinski definition) is 0. The summed E-state index contributed by atoms with van der Waals surface area (Å²) in [5.74, 6) is 0.708. The van der Waals surface area contributed by atoms with E-state index >= 15 is 0 Å². The largest absolute Gasteiger partial charge is 0.345 e. The minimum absolute atomic E-state index is 0.708. The third-order valence-corrected chi connectivity index (χ3v) is 4.87. The highest BCUT2D eigenvalue weighted by Crippen LogP contribution is 2.31. The molecule has 3 nitrogen and oxygen atoms in total. The summed E-state index contributed by atoms with van der Waals surface area (Å²) < 4.78 is 1.16. The van der Waals surface area contributed by atoms with Gasteiger partial charge in [0, 0.05) is 43.6 Å². The molecule has 0 bridgehead atoms. The number of anilines is 1. The second kappa shape index (κ2) is 5.83. The van der Waals surface area contributed by atoms with Gasteiger partial charge in [0.1, 0.15) is 0 Å². The van der Waals surface area contributed by atoms with Crippen molar-refractivity contribution >= 4 is 49.9 Å². The van der Waals surface area contributed by atoms with Gasteiger partial charge < -0.3 is 4.90 Å². The number of rotatable bonds is 3. The predicted octanol–water partition coefficient (Wildman–Crippen LogP) is 3.31. The Morgan fingerprint density at radius 3 is 2.74 bits per heavy atom. The van der Waals surface area contributed by atoms with Crippen LogP contribution in [0.5, 0.6) is 0 Å². The highest BCUT2D eigenvalue weighted by atomic mass is 35.5. The van der Waals surface area contributed by atoms with Crippen LogP contribution in [0, 0.1) is 0 Å². The molecule has 1 aliphatic rings. The van der Waals surface area contributed by atoms with Crippen molar-refractivity contribution in [1.29, 1.82) is 0 Å². The van der Waals surface area contributed by atoms with Gasteiger partial charge in [-0.25, -0.2) is 4.98 Å². The van der Waals surface area contributed by atoms with Crippen LogP contribution >= 0.6 is 34.5 Å². The lowest BCUT2D eigenvalue weighted by atomic mass is 10.3. The summed E-state index contributed by atoms with van der Waals surface area (Å²) in [5.41, 5.74) is 1.03. The number of benzene rings is 1. The molecule has 3 rings (SSSR count). The first-order valence-electron chi connectivity index (χ1n) is 6.35. The van der Waals surface area contributed by atoms with E-state index in [2.05, 4.69) is 14.8 Å². The van der Waals surface area contributed by atoms with Crippen molar-refractivity contribution in [1.82, 2.24) is 9.88 Å². The molecule has 1 aromatic heterocycles. The molecule has 0 spiro atoms. The van der Waals surface area contributed by atoms with Crippen LogP contribution in [-0.4, -0.2) is 48.5 Å². The van der Waals surface area contributed by atoms with Crippen molar-refractivity contribution in [2.45, 2.75) is 0 Å². The van der Waals surface area contributed by atoms with Gasteiger partial charge in [-0.1, -0.05) is 22.9 Å². The number of alkyl halides is 1. The van der Waals surface area contributed by atoms with E-state index in [4.69, 9.17) is 23.2 Å². The van der Waals surface area contributed by atoms with Crippen LogP contribution in [0.25, 0.3) is 10.2 Å². The fourth-order valence-electron chi connectivity index (χ4n) is 2.30. The summed E-state index contributed by atoms with van der Waals surface area (Å²) >= 11 is 13.5. The SMILES string of the molecule is ClCCN1CCN(c2nc3ccc(Cl)cc3s2)CC1. The molecule has 1 aromatic carbocycles. The molecule has 102 valence electrons. The maximum absolute atomic E-state index is 6.01. The molecule has 1 saturated heterocycles. The Balaban J connectivity index is 1.74. The zero-order chi connectivity index (χ0) is 13.2. The monoisotopic (exact) mass is 315 g/mol. The zero-order valence-electron chi connectivity index (χ0n) is 10.5. The summed E-state index contributed by atoms with van der Waals surface area (Å²) in [6.07, 6.45) is 0. The van der Waals surface area contributed by atoms with E-state index in [1.807, 2.05) is 18.2 Å². The molecule has 1 aliphatic heterocycles. The van der Waals surface area contributed by atoms with E-state index in [0.717, 1.165) is 53.1 Å². The molecule has 0 aliphatic carbocycles. The van der Waals surface area contributed by atoms with Gasteiger partial charge in [0.15, 0.2) is 5.13 Å². The molecule has 6 heteroatoms. The summed E-state index contributed by atoms with van der Waals surface area (Å²) in [6.45, 7) is 5.13. The van der Waals surface area contributed by atoms with Crippen LogP contribution in [-0.2, 0) is 0 Å². The molecular formula is C13H15Cl2N3S. The maximum Gasteiger partial charge on any atom is 0.186 e. The minimum atomic E-state index is 0.708. The van der Waals surface area contributed by atoms with Gasteiger partial charge in [-0.2, -0.15) is 0 Å². The number of piperazine rings is 1. The number of hydrogen-bond acceptors (Lipinski definition) is 4. The Labute approximate surface area is 126 Å². The van der Waals surface area contributed by atoms with Crippen LogP contribution < -0.4 is 4.90 Å². The zero-order valence-corrected chi connectivity index (χ0v) is 12.8. The van der Waals surface area contributed by atoms with Gasteiger partial charge in [0.2, 0.25) is 0 Å². The fourth-order valence-corrected chi connectivity index (χ4v) is 3.84. The Bertz CT molecular complexity index is 564. The van der Waals surface area contributed by atoms with Crippen molar-refractivity contribution in [2.75, 3.05) is 43.5 Å². The molecule has 0 unspecified atom stereocenters. The second-order valence-corrected chi connectivity index (χ2v) is 6.45. The van der Waals surface area contributed by atoms with Crippen LogP contribution in [0.4, 0.5) is 5.13 Å². The van der Waals surface area contributed by atoms with Crippen molar-refractivity contribution in [3.8, 4) is 0 Å². The molecule has 0 radical (unpaired) electrons. The van der Waals surface area contributed by atoms with Crippen LogP contribution in [0.1, 0.15) is 0 Å². The summed E-state index contributed by atoms with van der Waals surface area (Å²) in [5, 5.41) is 1.87. The minimum Gasteiger partial charge on any atom is -0.345 e. The standard InChI is InChI=1S/C13H15Cl2N3S/c14-3-4-17-5-7-18(8-6-17)13-16-11-2-1-10(15)9-12(11)19-13/h1-2,9H,3-8H2. The van der Waals surface area contributed by atoms with Crippen LogP contribution in [0.15, 0.2) is 18.2 Å². The molecule has 0 atom stereocenters. The maximum atomic E-state index is 6.01. The number of nitrogens with zero attached hydrogens (tertiary/aromatic N) is 3. The molecular weight excluding hydrogens is 301 g/mol. The van der Waals surface area contributed by atoms with Gasteiger partial charge in [-0.15, -0.1) is 11.6 Å². The lowest BCUT2D eigenvalue weighted by molar-refractivity contribution is 0.272. The predicted molar refractivity (Wildman–Crippen MR) is 84.0 cm³/mol. The topological polar surface area (TPSA) is 19.4 Å². The highest BCUT2D eigenvalue weighted by molar-refractivity contribution is 7.22. The van der Waals surface area contributed by atoms with E-state index in [-0.39, 0.29) is 0 Å². The van der Waals surface area contributed by atoms with Crippen molar-refractivity contribution < 1.29 is 0 Å². The molecule has 19 heavy (non-hydrogen) atoms. The molecule has 2 aromatic rings. The van der Waals surface area contributed by atoms with Crippen molar-refractivity contribution in [3.63, 3.8) is 0 Å². The number of fused-ring (bicyclic) bond motifs is 1. The number of halogens is 2. The molecule has 1 fully saturated rings. The average Bonchev–Trinajstić information content (AvgIpc) is 2.83. The molecule has 0 amide bonds. The van der Waals surface area contributed by atoms with E-state index in [1.54, 1.807) is 11.3 Å². The lowest BCUT2D eigenvalue weighted by Crippen LogP contribution is -2.46. The van der Waals surface area contributed by atoms with E-state index in [9.17, 15) is 0 Å². The third-order valence-electron chi connectivity index (χ3n) is 3.38. The van der Waals surface area contributed by atoms with Crippen LogP contribution in [0.2, 0.25) is 5.02 Å². The van der Waals surface area contributed by atoms with Gasteiger partial charge >= 0.3 is 0 Å². The highest BCUT2D eigenvalue weighted by Gasteiger charge is 2.19. The molecule has 2 heterocycles. The molecule has 0 N–H and O–H groups in total. The lowest BCUT2D eigenvalue weighted by Gasteiger charge is -2.34.